The molecule has 6 heteroatoms. The first kappa shape index (κ1) is 16.0. The van der Waals surface area contributed by atoms with Gasteiger partial charge >= 0.3 is 5.97 Å². The molecule has 1 aliphatic carbocycles. The molecule has 116 valence electrons. The fourth-order valence-electron chi connectivity index (χ4n) is 2.50. The predicted molar refractivity (Wildman–Crippen MR) is 78.3 cm³/mol. The Morgan fingerprint density at radius 3 is 2.62 bits per heavy atom. The van der Waals surface area contributed by atoms with Crippen molar-refractivity contribution in [2.45, 2.75) is 43.1 Å². The van der Waals surface area contributed by atoms with Gasteiger partial charge < -0.3 is 9.84 Å². The van der Waals surface area contributed by atoms with Crippen molar-refractivity contribution >= 4 is 15.8 Å². The highest BCUT2D eigenvalue weighted by Gasteiger charge is 2.18. The fourth-order valence-corrected chi connectivity index (χ4v) is 3.64. The van der Waals surface area contributed by atoms with E-state index in [0.29, 0.717) is 0 Å². The second-order valence-corrected chi connectivity index (χ2v) is 7.39. The van der Waals surface area contributed by atoms with Crippen LogP contribution >= 0.6 is 0 Å². The molecule has 0 bridgehead atoms. The molecule has 1 aromatic carbocycles. The van der Waals surface area contributed by atoms with Crippen LogP contribution in [0, 0.1) is 0 Å². The summed E-state index contributed by atoms with van der Waals surface area (Å²) < 4.78 is 30.0. The van der Waals surface area contributed by atoms with Gasteiger partial charge in [0, 0.05) is 0 Å². The smallest absolute Gasteiger partial charge is 0.335 e. The minimum absolute atomic E-state index is 0.0238. The van der Waals surface area contributed by atoms with Gasteiger partial charge in [-0.25, -0.2) is 13.2 Å². The summed E-state index contributed by atoms with van der Waals surface area (Å²) in [5, 5.41) is 8.90. The number of ether oxygens (including phenoxy) is 1. The van der Waals surface area contributed by atoms with E-state index in [1.165, 1.54) is 30.7 Å². The maximum atomic E-state index is 12.2. The summed E-state index contributed by atoms with van der Waals surface area (Å²) in [6.07, 6.45) is 5.65. The largest absolute Gasteiger partial charge is 0.478 e. The minimum Gasteiger partial charge on any atom is -0.478 e. The normalized spacial score (nSPS) is 16.8. The van der Waals surface area contributed by atoms with Crippen LogP contribution in [0.15, 0.2) is 29.2 Å². The standard InChI is InChI=1S/C15H20O5S/c16-15(17)12-5-4-8-14(11-12)21(18,19)10-9-20-13-6-2-1-3-7-13/h4-5,8,11,13H,1-3,6-7,9-10H2,(H,16,17). The summed E-state index contributed by atoms with van der Waals surface area (Å²) in [5.74, 6) is -1.25. The van der Waals surface area contributed by atoms with Crippen molar-refractivity contribution in [1.29, 1.82) is 0 Å². The van der Waals surface area contributed by atoms with Crippen LogP contribution in [-0.2, 0) is 14.6 Å². The summed E-state index contributed by atoms with van der Waals surface area (Å²) in [6, 6.07) is 5.43. The predicted octanol–water partition coefficient (Wildman–Crippen LogP) is 2.51. The molecule has 0 spiro atoms. The Kier molecular flexibility index (Phi) is 5.36. The van der Waals surface area contributed by atoms with Crippen molar-refractivity contribution in [3.05, 3.63) is 29.8 Å². The summed E-state index contributed by atoms with van der Waals surface area (Å²) in [7, 11) is -3.51. The molecule has 1 N–H and O–H groups in total. The number of rotatable bonds is 6. The van der Waals surface area contributed by atoms with Crippen LogP contribution in [0.3, 0.4) is 0 Å². The van der Waals surface area contributed by atoms with Crippen molar-refractivity contribution in [1.82, 2.24) is 0 Å². The highest BCUT2D eigenvalue weighted by molar-refractivity contribution is 7.91. The Morgan fingerprint density at radius 2 is 1.95 bits per heavy atom. The van der Waals surface area contributed by atoms with Crippen LogP contribution in [0.4, 0.5) is 0 Å². The van der Waals surface area contributed by atoms with Gasteiger partial charge in [-0.05, 0) is 31.0 Å². The number of carboxylic acid groups (broad SMARTS) is 1. The van der Waals surface area contributed by atoms with Crippen molar-refractivity contribution < 1.29 is 23.1 Å². The lowest BCUT2D eigenvalue weighted by atomic mass is 9.98. The molecule has 0 amide bonds. The Labute approximate surface area is 124 Å². The van der Waals surface area contributed by atoms with Gasteiger partial charge in [0.15, 0.2) is 9.84 Å². The second-order valence-electron chi connectivity index (χ2n) is 5.28. The SMILES string of the molecule is O=C(O)c1cccc(S(=O)(=O)CCOC2CCCCC2)c1. The maximum Gasteiger partial charge on any atom is 0.335 e. The first-order valence-electron chi connectivity index (χ1n) is 7.17. The zero-order valence-electron chi connectivity index (χ0n) is 11.8. The van der Waals surface area contributed by atoms with Gasteiger partial charge in [-0.2, -0.15) is 0 Å². The molecule has 5 nitrogen and oxygen atoms in total. The lowest BCUT2D eigenvalue weighted by Gasteiger charge is -2.21. The number of hydrogen-bond donors (Lipinski definition) is 1. The van der Waals surface area contributed by atoms with E-state index in [2.05, 4.69) is 0 Å². The third kappa shape index (κ3) is 4.54. The molecule has 0 heterocycles. The van der Waals surface area contributed by atoms with Gasteiger partial charge in [-0.3, -0.25) is 0 Å². The fraction of sp³-hybridized carbons (Fsp3) is 0.533. The van der Waals surface area contributed by atoms with Crippen molar-refractivity contribution in [2.24, 2.45) is 0 Å². The van der Waals surface area contributed by atoms with Gasteiger partial charge in [-0.15, -0.1) is 0 Å². The molecule has 0 atom stereocenters. The average Bonchev–Trinajstić information content (AvgIpc) is 2.48. The molecule has 0 aromatic heterocycles. The first-order chi connectivity index (χ1) is 9.99. The van der Waals surface area contributed by atoms with Crippen LogP contribution in [0.5, 0.6) is 0 Å². The summed E-state index contributed by atoms with van der Waals surface area (Å²) in [4.78, 5) is 10.9. The molecular weight excluding hydrogens is 292 g/mol. The highest BCUT2D eigenvalue weighted by Crippen LogP contribution is 2.20. The lowest BCUT2D eigenvalue weighted by molar-refractivity contribution is 0.0379. The maximum absolute atomic E-state index is 12.2. The molecule has 0 aliphatic heterocycles. The van der Waals surface area contributed by atoms with E-state index < -0.39 is 15.8 Å². The first-order valence-corrected chi connectivity index (χ1v) is 8.82. The molecular formula is C15H20O5S. The van der Waals surface area contributed by atoms with Crippen molar-refractivity contribution in [2.75, 3.05) is 12.4 Å². The van der Waals surface area contributed by atoms with Gasteiger partial charge in [0.05, 0.1) is 28.9 Å². The molecule has 1 aromatic rings. The highest BCUT2D eigenvalue weighted by atomic mass is 32.2. The average molecular weight is 312 g/mol. The van der Waals surface area contributed by atoms with Crippen LogP contribution in [0.2, 0.25) is 0 Å². The summed E-state index contributed by atoms with van der Waals surface area (Å²) in [6.45, 7) is 0.157. The van der Waals surface area contributed by atoms with Crippen molar-refractivity contribution in [3.63, 3.8) is 0 Å². The monoisotopic (exact) mass is 312 g/mol. The van der Waals surface area contributed by atoms with E-state index >= 15 is 0 Å². The van der Waals surface area contributed by atoms with Crippen LogP contribution < -0.4 is 0 Å². The molecule has 21 heavy (non-hydrogen) atoms. The van der Waals surface area contributed by atoms with E-state index in [0.717, 1.165) is 25.7 Å². The van der Waals surface area contributed by atoms with E-state index in [1.54, 1.807) is 0 Å². The van der Waals surface area contributed by atoms with Crippen molar-refractivity contribution in [3.8, 4) is 0 Å². The molecule has 0 radical (unpaired) electrons. The Morgan fingerprint density at radius 1 is 1.24 bits per heavy atom. The topological polar surface area (TPSA) is 80.7 Å². The van der Waals surface area contributed by atoms with Gasteiger partial charge in [0.2, 0.25) is 0 Å². The Balaban J connectivity index is 1.94. The van der Waals surface area contributed by atoms with Gasteiger partial charge in [0.25, 0.3) is 0 Å². The number of benzene rings is 1. The zero-order valence-corrected chi connectivity index (χ0v) is 12.6. The minimum atomic E-state index is -3.51. The lowest BCUT2D eigenvalue weighted by Crippen LogP contribution is -2.21. The zero-order chi connectivity index (χ0) is 15.3. The third-order valence-electron chi connectivity index (χ3n) is 3.70. The number of hydrogen-bond acceptors (Lipinski definition) is 4. The van der Waals surface area contributed by atoms with Crippen LogP contribution in [0.1, 0.15) is 42.5 Å². The van der Waals surface area contributed by atoms with Crippen LogP contribution in [0.25, 0.3) is 0 Å². The van der Waals surface area contributed by atoms with E-state index in [4.69, 9.17) is 9.84 Å². The molecule has 0 unspecified atom stereocenters. The van der Waals surface area contributed by atoms with E-state index in [-0.39, 0.29) is 28.9 Å². The summed E-state index contributed by atoms with van der Waals surface area (Å²) in [5.41, 5.74) is -0.0238. The molecule has 1 fully saturated rings. The third-order valence-corrected chi connectivity index (χ3v) is 5.37. The van der Waals surface area contributed by atoms with E-state index in [1.807, 2.05) is 0 Å². The number of carbonyl (C=O) groups is 1. The van der Waals surface area contributed by atoms with Gasteiger partial charge in [-0.1, -0.05) is 25.3 Å². The Bertz CT molecular complexity index is 588. The second kappa shape index (κ2) is 7.04. The number of aromatic carboxylic acids is 1. The molecule has 1 aliphatic rings. The van der Waals surface area contributed by atoms with Crippen LogP contribution in [-0.4, -0.2) is 38.0 Å². The molecule has 0 saturated heterocycles. The molecule has 2 rings (SSSR count). The van der Waals surface area contributed by atoms with E-state index in [9.17, 15) is 13.2 Å². The quantitative estimate of drug-likeness (QED) is 0.873. The molecule has 1 saturated carbocycles. The number of carboxylic acids is 1. The number of sulfone groups is 1. The Hall–Kier alpha value is -1.40. The van der Waals surface area contributed by atoms with Gasteiger partial charge in [0.1, 0.15) is 0 Å². The summed E-state index contributed by atoms with van der Waals surface area (Å²) >= 11 is 0.